The molecule has 4 N–H and O–H groups in total. The molecule has 0 saturated heterocycles. The molecule has 0 aliphatic heterocycles. The molecule has 0 heterocycles. The Bertz CT molecular complexity index is 528. The average Bonchev–Trinajstić information content (AvgIpc) is 2.37. The molecule has 0 aromatic heterocycles. The Hall–Kier alpha value is -2.15. The van der Waals surface area contributed by atoms with Crippen LogP contribution < -0.4 is 16.4 Å². The minimum atomic E-state index is -0.693. The number of amides is 1. The highest BCUT2D eigenvalue weighted by Crippen LogP contribution is 2.27. The third-order valence-electron chi connectivity index (χ3n) is 3.09. The molecular weight excluding hydrogens is 260 g/mol. The number of hydrogen-bond donors (Lipinski definition) is 2. The first-order valence-corrected chi connectivity index (χ1v) is 6.17. The number of nitro groups is 1. The van der Waals surface area contributed by atoms with Gasteiger partial charge in [-0.3, -0.25) is 14.9 Å². The number of anilines is 1. The first kappa shape index (κ1) is 15.9. The zero-order valence-electron chi connectivity index (χ0n) is 11.9. The van der Waals surface area contributed by atoms with Gasteiger partial charge in [0.05, 0.1) is 10.5 Å². The molecule has 0 atom stereocenters. The lowest BCUT2D eigenvalue weighted by atomic mass is 9.93. The summed E-state index contributed by atoms with van der Waals surface area (Å²) >= 11 is 0. The van der Waals surface area contributed by atoms with Gasteiger partial charge < -0.3 is 16.4 Å². The number of hydrogen-bond acceptors (Lipinski definition) is 5. The minimum absolute atomic E-state index is 0.134. The van der Waals surface area contributed by atoms with Gasteiger partial charge in [-0.05, 0) is 18.0 Å². The zero-order valence-corrected chi connectivity index (χ0v) is 11.9. The first-order valence-electron chi connectivity index (χ1n) is 6.17. The molecule has 0 spiro atoms. The third-order valence-corrected chi connectivity index (χ3v) is 3.09. The predicted molar refractivity (Wildman–Crippen MR) is 77.7 cm³/mol. The molecule has 0 aliphatic rings. The summed E-state index contributed by atoms with van der Waals surface area (Å²) < 4.78 is 0. The standard InChI is InChI=1S/C13H20N4O3/c1-13(2,7-14)8-16(3)11-5-4-9(17(19)20)6-10(11)12(15)18/h4-6H,7-8,14H2,1-3H3,(H2,15,18). The van der Waals surface area contributed by atoms with Crippen molar-refractivity contribution in [3.05, 3.63) is 33.9 Å². The summed E-state index contributed by atoms with van der Waals surface area (Å²) in [5, 5.41) is 10.8. The largest absolute Gasteiger partial charge is 0.373 e. The molecule has 7 heteroatoms. The molecule has 20 heavy (non-hydrogen) atoms. The number of nitro benzene ring substituents is 1. The van der Waals surface area contributed by atoms with E-state index in [4.69, 9.17) is 11.5 Å². The van der Waals surface area contributed by atoms with E-state index in [0.29, 0.717) is 18.8 Å². The predicted octanol–water partition coefficient (Wildman–Crippen LogP) is 1.11. The molecule has 0 radical (unpaired) electrons. The lowest BCUT2D eigenvalue weighted by molar-refractivity contribution is -0.384. The van der Waals surface area contributed by atoms with E-state index in [1.54, 1.807) is 7.05 Å². The quantitative estimate of drug-likeness (QED) is 0.598. The summed E-state index contributed by atoms with van der Waals surface area (Å²) in [5.41, 5.74) is 11.4. The van der Waals surface area contributed by atoms with E-state index in [0.717, 1.165) is 0 Å². The maximum atomic E-state index is 11.5. The van der Waals surface area contributed by atoms with Gasteiger partial charge in [-0.15, -0.1) is 0 Å². The second-order valence-corrected chi connectivity index (χ2v) is 5.55. The lowest BCUT2D eigenvalue weighted by Gasteiger charge is -2.31. The summed E-state index contributed by atoms with van der Waals surface area (Å²) in [4.78, 5) is 23.5. The van der Waals surface area contributed by atoms with Gasteiger partial charge in [0.2, 0.25) is 0 Å². The maximum absolute atomic E-state index is 11.5. The Balaban J connectivity index is 3.17. The van der Waals surface area contributed by atoms with Crippen LogP contribution in [0.25, 0.3) is 0 Å². The number of benzene rings is 1. The highest BCUT2D eigenvalue weighted by molar-refractivity contribution is 5.99. The Kier molecular flexibility index (Phi) is 4.67. The fourth-order valence-corrected chi connectivity index (χ4v) is 1.96. The van der Waals surface area contributed by atoms with E-state index in [2.05, 4.69) is 0 Å². The van der Waals surface area contributed by atoms with E-state index in [9.17, 15) is 14.9 Å². The zero-order chi connectivity index (χ0) is 15.5. The fourth-order valence-electron chi connectivity index (χ4n) is 1.96. The molecule has 0 bridgehead atoms. The molecule has 1 aromatic rings. The van der Waals surface area contributed by atoms with Crippen LogP contribution in [0.15, 0.2) is 18.2 Å². The SMILES string of the molecule is CN(CC(C)(C)CN)c1ccc([N+](=O)[O-])cc1C(N)=O. The van der Waals surface area contributed by atoms with E-state index in [1.165, 1.54) is 18.2 Å². The van der Waals surface area contributed by atoms with Crippen LogP contribution in [0.5, 0.6) is 0 Å². The Morgan fingerprint density at radius 3 is 2.50 bits per heavy atom. The van der Waals surface area contributed by atoms with Crippen molar-refractivity contribution in [1.29, 1.82) is 0 Å². The minimum Gasteiger partial charge on any atom is -0.373 e. The summed E-state index contributed by atoms with van der Waals surface area (Å²) in [6.45, 7) is 5.08. The van der Waals surface area contributed by atoms with Crippen molar-refractivity contribution in [3.8, 4) is 0 Å². The number of carbonyl (C=O) groups excluding carboxylic acids is 1. The molecule has 0 saturated carbocycles. The van der Waals surface area contributed by atoms with Gasteiger partial charge in [0, 0.05) is 31.4 Å². The molecule has 1 aromatic carbocycles. The van der Waals surface area contributed by atoms with Crippen LogP contribution in [-0.2, 0) is 0 Å². The van der Waals surface area contributed by atoms with Crippen molar-refractivity contribution >= 4 is 17.3 Å². The van der Waals surface area contributed by atoms with Crippen molar-refractivity contribution in [2.45, 2.75) is 13.8 Å². The molecule has 7 nitrogen and oxygen atoms in total. The second-order valence-electron chi connectivity index (χ2n) is 5.55. The van der Waals surface area contributed by atoms with Gasteiger partial charge in [0.25, 0.3) is 11.6 Å². The summed E-state index contributed by atoms with van der Waals surface area (Å²) in [6.07, 6.45) is 0. The summed E-state index contributed by atoms with van der Waals surface area (Å²) in [6, 6.07) is 4.09. The van der Waals surface area contributed by atoms with Gasteiger partial charge in [-0.1, -0.05) is 13.8 Å². The average molecular weight is 280 g/mol. The third kappa shape index (κ3) is 3.67. The van der Waals surface area contributed by atoms with Gasteiger partial charge in [0.15, 0.2) is 0 Å². The molecular formula is C13H20N4O3. The Morgan fingerprint density at radius 2 is 2.05 bits per heavy atom. The van der Waals surface area contributed by atoms with E-state index in [-0.39, 0.29) is 16.7 Å². The molecule has 1 rings (SSSR count). The van der Waals surface area contributed by atoms with E-state index in [1.807, 2.05) is 18.7 Å². The monoisotopic (exact) mass is 280 g/mol. The van der Waals surface area contributed by atoms with Crippen molar-refractivity contribution in [2.24, 2.45) is 16.9 Å². The van der Waals surface area contributed by atoms with E-state index < -0.39 is 10.8 Å². The highest BCUT2D eigenvalue weighted by atomic mass is 16.6. The number of carbonyl (C=O) groups is 1. The fraction of sp³-hybridized carbons (Fsp3) is 0.462. The first-order chi connectivity index (χ1) is 9.18. The molecule has 0 unspecified atom stereocenters. The summed E-state index contributed by atoms with van der Waals surface area (Å²) in [7, 11) is 1.80. The van der Waals surface area contributed by atoms with Gasteiger partial charge in [0.1, 0.15) is 0 Å². The highest BCUT2D eigenvalue weighted by Gasteiger charge is 2.22. The van der Waals surface area contributed by atoms with Crippen LogP contribution in [0.1, 0.15) is 24.2 Å². The Morgan fingerprint density at radius 1 is 1.45 bits per heavy atom. The van der Waals surface area contributed by atoms with Crippen molar-refractivity contribution in [1.82, 2.24) is 0 Å². The van der Waals surface area contributed by atoms with Crippen LogP contribution in [0.2, 0.25) is 0 Å². The number of primary amides is 1. The smallest absolute Gasteiger partial charge is 0.270 e. The lowest BCUT2D eigenvalue weighted by Crippen LogP contribution is -2.37. The van der Waals surface area contributed by atoms with Crippen molar-refractivity contribution < 1.29 is 9.72 Å². The van der Waals surface area contributed by atoms with Gasteiger partial charge in [-0.2, -0.15) is 0 Å². The second kappa shape index (κ2) is 5.87. The van der Waals surface area contributed by atoms with Gasteiger partial charge >= 0.3 is 0 Å². The van der Waals surface area contributed by atoms with Crippen LogP contribution in [-0.4, -0.2) is 31.0 Å². The van der Waals surface area contributed by atoms with E-state index >= 15 is 0 Å². The van der Waals surface area contributed by atoms with Crippen LogP contribution in [0.4, 0.5) is 11.4 Å². The number of nitrogens with two attached hydrogens (primary N) is 2. The van der Waals surface area contributed by atoms with Gasteiger partial charge in [-0.25, -0.2) is 0 Å². The maximum Gasteiger partial charge on any atom is 0.270 e. The Labute approximate surface area is 117 Å². The molecule has 110 valence electrons. The van der Waals surface area contributed by atoms with Crippen molar-refractivity contribution in [3.63, 3.8) is 0 Å². The van der Waals surface area contributed by atoms with Crippen LogP contribution in [0, 0.1) is 15.5 Å². The molecule has 0 aliphatic carbocycles. The number of rotatable bonds is 6. The number of nitrogens with zero attached hydrogens (tertiary/aromatic N) is 2. The molecule has 0 fully saturated rings. The topological polar surface area (TPSA) is 115 Å². The summed E-state index contributed by atoms with van der Waals surface area (Å²) in [5.74, 6) is -0.693. The van der Waals surface area contributed by atoms with Crippen LogP contribution in [0.3, 0.4) is 0 Å². The van der Waals surface area contributed by atoms with Crippen molar-refractivity contribution in [2.75, 3.05) is 25.0 Å². The number of non-ortho nitro benzene ring substituents is 1. The molecule has 1 amide bonds. The van der Waals surface area contributed by atoms with Crippen LogP contribution >= 0.6 is 0 Å². The normalized spacial score (nSPS) is 11.2.